The monoisotopic (exact) mass is 386 g/mol. The maximum Gasteiger partial charge on any atom is 0.271 e. The lowest BCUT2D eigenvalue weighted by molar-refractivity contribution is -0.384. The van der Waals surface area contributed by atoms with E-state index in [-0.39, 0.29) is 18.1 Å². The van der Waals surface area contributed by atoms with Gasteiger partial charge < -0.3 is 10.6 Å². The summed E-state index contributed by atoms with van der Waals surface area (Å²) in [5.74, 6) is -0.343. The van der Waals surface area contributed by atoms with E-state index < -0.39 is 4.92 Å². The van der Waals surface area contributed by atoms with E-state index in [0.717, 1.165) is 5.56 Å². The molecule has 3 rings (SSSR count). The SMILES string of the molecule is Cc1ccc([N+](=O)[O-])cc1NCC(=O)Nc1cc(Cl)ccc1-n1cncn1. The Kier molecular flexibility index (Phi) is 5.32. The quantitative estimate of drug-likeness (QED) is 0.496. The zero-order valence-corrected chi connectivity index (χ0v) is 15.0. The van der Waals surface area contributed by atoms with E-state index in [1.807, 2.05) is 0 Å². The fourth-order valence-corrected chi connectivity index (χ4v) is 2.60. The minimum Gasteiger partial charge on any atom is -0.376 e. The molecule has 1 amide bonds. The molecule has 3 aromatic rings. The van der Waals surface area contributed by atoms with E-state index in [9.17, 15) is 14.9 Å². The number of nitro benzene ring substituents is 1. The van der Waals surface area contributed by atoms with Crippen molar-refractivity contribution in [2.75, 3.05) is 17.2 Å². The number of carbonyl (C=O) groups is 1. The molecule has 0 unspecified atom stereocenters. The third kappa shape index (κ3) is 4.39. The van der Waals surface area contributed by atoms with Gasteiger partial charge in [-0.15, -0.1) is 0 Å². The summed E-state index contributed by atoms with van der Waals surface area (Å²) < 4.78 is 1.50. The van der Waals surface area contributed by atoms with Crippen molar-refractivity contribution in [3.05, 3.63) is 69.8 Å². The summed E-state index contributed by atoms with van der Waals surface area (Å²) in [5, 5.41) is 21.1. The van der Waals surface area contributed by atoms with Crippen LogP contribution in [0.4, 0.5) is 17.1 Å². The molecule has 0 spiro atoms. The van der Waals surface area contributed by atoms with Gasteiger partial charge in [0.15, 0.2) is 0 Å². The number of halogens is 1. The lowest BCUT2D eigenvalue weighted by Crippen LogP contribution is -2.23. The Morgan fingerprint density at radius 2 is 2.07 bits per heavy atom. The normalized spacial score (nSPS) is 10.4. The van der Waals surface area contributed by atoms with Gasteiger partial charge in [-0.2, -0.15) is 5.10 Å². The average Bonchev–Trinajstić information content (AvgIpc) is 3.15. The van der Waals surface area contributed by atoms with Gasteiger partial charge in [0.2, 0.25) is 5.91 Å². The third-order valence-electron chi connectivity index (χ3n) is 3.77. The van der Waals surface area contributed by atoms with Crippen LogP contribution in [0.5, 0.6) is 0 Å². The number of nitro groups is 1. The lowest BCUT2D eigenvalue weighted by Gasteiger charge is -2.13. The van der Waals surface area contributed by atoms with E-state index >= 15 is 0 Å². The van der Waals surface area contributed by atoms with Gasteiger partial charge >= 0.3 is 0 Å². The van der Waals surface area contributed by atoms with Gasteiger partial charge in [-0.25, -0.2) is 9.67 Å². The Balaban J connectivity index is 1.73. The first-order chi connectivity index (χ1) is 12.9. The first-order valence-electron chi connectivity index (χ1n) is 7.87. The molecule has 138 valence electrons. The summed E-state index contributed by atoms with van der Waals surface area (Å²) in [6, 6.07) is 9.43. The molecular formula is C17H15ClN6O3. The van der Waals surface area contributed by atoms with E-state index in [1.54, 1.807) is 31.2 Å². The molecule has 0 fully saturated rings. The van der Waals surface area contributed by atoms with E-state index in [2.05, 4.69) is 20.7 Å². The summed E-state index contributed by atoms with van der Waals surface area (Å²) in [5.41, 5.74) is 2.33. The highest BCUT2D eigenvalue weighted by Crippen LogP contribution is 2.24. The number of non-ortho nitro benzene ring substituents is 1. The third-order valence-corrected chi connectivity index (χ3v) is 4.00. The highest BCUT2D eigenvalue weighted by atomic mass is 35.5. The minimum atomic E-state index is -0.485. The van der Waals surface area contributed by atoms with Crippen molar-refractivity contribution in [1.82, 2.24) is 14.8 Å². The highest BCUT2D eigenvalue weighted by molar-refractivity contribution is 6.31. The maximum absolute atomic E-state index is 12.4. The molecule has 2 N–H and O–H groups in total. The van der Waals surface area contributed by atoms with Gasteiger partial charge in [0.05, 0.1) is 22.8 Å². The molecule has 1 heterocycles. The maximum atomic E-state index is 12.4. The van der Waals surface area contributed by atoms with E-state index in [1.165, 1.54) is 29.5 Å². The van der Waals surface area contributed by atoms with Crippen LogP contribution in [-0.2, 0) is 4.79 Å². The van der Waals surface area contributed by atoms with Crippen molar-refractivity contribution in [3.8, 4) is 5.69 Å². The topological polar surface area (TPSA) is 115 Å². The predicted molar refractivity (Wildman–Crippen MR) is 101 cm³/mol. The molecule has 2 aromatic carbocycles. The number of hydrogen-bond donors (Lipinski definition) is 2. The van der Waals surface area contributed by atoms with Crippen molar-refractivity contribution in [3.63, 3.8) is 0 Å². The number of anilines is 2. The zero-order chi connectivity index (χ0) is 19.4. The fraction of sp³-hybridized carbons (Fsp3) is 0.118. The number of carbonyl (C=O) groups excluding carboxylic acids is 1. The molecule has 1 aromatic heterocycles. The molecule has 9 nitrogen and oxygen atoms in total. The summed E-state index contributed by atoms with van der Waals surface area (Å²) >= 11 is 6.03. The Morgan fingerprint density at radius 3 is 2.78 bits per heavy atom. The molecule has 0 aliphatic rings. The number of aromatic nitrogens is 3. The number of hydrogen-bond acceptors (Lipinski definition) is 6. The summed E-state index contributed by atoms with van der Waals surface area (Å²) in [7, 11) is 0. The van der Waals surface area contributed by atoms with Crippen LogP contribution in [0, 0.1) is 17.0 Å². The number of benzene rings is 2. The standard InChI is InChI=1S/C17H15ClN6O3/c1-11-2-4-13(24(26)27)7-14(11)20-8-17(25)22-15-6-12(18)3-5-16(15)23-10-19-9-21-23/h2-7,9-10,20H,8H2,1H3,(H,22,25). The molecule has 0 bridgehead atoms. The van der Waals surface area contributed by atoms with Crippen molar-refractivity contribution in [1.29, 1.82) is 0 Å². The number of nitrogens with zero attached hydrogens (tertiary/aromatic N) is 4. The Hall–Kier alpha value is -3.46. The van der Waals surface area contributed by atoms with Gasteiger partial charge in [-0.05, 0) is 30.7 Å². The Morgan fingerprint density at radius 1 is 1.26 bits per heavy atom. The second kappa shape index (κ2) is 7.83. The van der Waals surface area contributed by atoms with Crippen LogP contribution >= 0.6 is 11.6 Å². The number of nitrogens with one attached hydrogen (secondary N) is 2. The van der Waals surface area contributed by atoms with Gasteiger partial charge in [-0.3, -0.25) is 14.9 Å². The zero-order valence-electron chi connectivity index (χ0n) is 14.2. The Labute approximate surface area is 159 Å². The van der Waals surface area contributed by atoms with Crippen LogP contribution in [0.1, 0.15) is 5.56 Å². The molecular weight excluding hydrogens is 372 g/mol. The lowest BCUT2D eigenvalue weighted by atomic mass is 10.2. The molecule has 0 atom stereocenters. The van der Waals surface area contributed by atoms with E-state index in [0.29, 0.717) is 22.1 Å². The number of aryl methyl sites for hydroxylation is 1. The molecule has 0 saturated carbocycles. The largest absolute Gasteiger partial charge is 0.376 e. The first-order valence-corrected chi connectivity index (χ1v) is 8.25. The second-order valence-corrected chi connectivity index (χ2v) is 6.10. The van der Waals surface area contributed by atoms with Crippen LogP contribution < -0.4 is 10.6 Å². The first kappa shape index (κ1) is 18.3. The van der Waals surface area contributed by atoms with Crippen molar-refractivity contribution >= 4 is 34.6 Å². The summed E-state index contributed by atoms with van der Waals surface area (Å²) in [6.07, 6.45) is 2.89. The van der Waals surface area contributed by atoms with Gasteiger partial charge in [-0.1, -0.05) is 17.7 Å². The van der Waals surface area contributed by atoms with Crippen LogP contribution in [-0.4, -0.2) is 32.1 Å². The van der Waals surface area contributed by atoms with Crippen LogP contribution in [0.25, 0.3) is 5.69 Å². The molecule has 10 heteroatoms. The second-order valence-electron chi connectivity index (χ2n) is 5.66. The fourth-order valence-electron chi connectivity index (χ4n) is 2.42. The van der Waals surface area contributed by atoms with Crippen molar-refractivity contribution < 1.29 is 9.72 Å². The molecule has 0 aliphatic carbocycles. The summed E-state index contributed by atoms with van der Waals surface area (Å²) in [6.45, 7) is 1.72. The number of rotatable bonds is 6. The van der Waals surface area contributed by atoms with Crippen LogP contribution in [0.3, 0.4) is 0 Å². The summed E-state index contributed by atoms with van der Waals surface area (Å²) in [4.78, 5) is 26.7. The molecule has 0 aliphatic heterocycles. The highest BCUT2D eigenvalue weighted by Gasteiger charge is 2.12. The van der Waals surface area contributed by atoms with E-state index in [4.69, 9.17) is 11.6 Å². The predicted octanol–water partition coefficient (Wildman–Crippen LogP) is 3.19. The van der Waals surface area contributed by atoms with Crippen LogP contribution in [0.15, 0.2) is 49.1 Å². The Bertz CT molecular complexity index is 990. The van der Waals surface area contributed by atoms with Crippen LogP contribution in [0.2, 0.25) is 5.02 Å². The molecule has 27 heavy (non-hydrogen) atoms. The van der Waals surface area contributed by atoms with Crippen molar-refractivity contribution in [2.45, 2.75) is 6.92 Å². The van der Waals surface area contributed by atoms with Crippen molar-refractivity contribution in [2.24, 2.45) is 0 Å². The van der Waals surface area contributed by atoms with Gasteiger partial charge in [0, 0.05) is 22.8 Å². The minimum absolute atomic E-state index is 0.0492. The average molecular weight is 387 g/mol. The molecule has 0 saturated heterocycles. The smallest absolute Gasteiger partial charge is 0.271 e. The van der Waals surface area contributed by atoms with Gasteiger partial charge in [0.1, 0.15) is 12.7 Å². The number of amides is 1. The molecule has 0 radical (unpaired) electrons. The van der Waals surface area contributed by atoms with Gasteiger partial charge in [0.25, 0.3) is 5.69 Å².